The zero-order chi connectivity index (χ0) is 16.2. The van der Waals surface area contributed by atoms with E-state index in [9.17, 15) is 0 Å². The summed E-state index contributed by atoms with van der Waals surface area (Å²) in [7, 11) is 0. The molecule has 2 aromatic rings. The Bertz CT molecular complexity index is 616. The summed E-state index contributed by atoms with van der Waals surface area (Å²) in [5, 5.41) is 20.5. The summed E-state index contributed by atoms with van der Waals surface area (Å²) in [4.78, 5) is 7.23. The second kappa shape index (κ2) is 7.51. The minimum atomic E-state index is -0.0371. The van der Waals surface area contributed by atoms with Gasteiger partial charge >= 0.3 is 0 Å². The van der Waals surface area contributed by atoms with Crippen molar-refractivity contribution in [1.82, 2.24) is 24.9 Å². The van der Waals surface area contributed by atoms with Crippen molar-refractivity contribution in [2.24, 2.45) is 5.92 Å². The van der Waals surface area contributed by atoms with E-state index in [1.165, 1.54) is 23.5 Å². The molecule has 0 bridgehead atoms. The smallest absolute Gasteiger partial charge is 0.108 e. The molecular formula is C16H25N5OS. The van der Waals surface area contributed by atoms with Crippen LogP contribution in [0.4, 0.5) is 0 Å². The SMILES string of the molecule is CC(C)c1csc(CN2CCC(Cn3cc(CO)nn3)CC2)n1. The van der Waals surface area contributed by atoms with Crippen LogP contribution in [-0.2, 0) is 19.7 Å². The number of aliphatic hydroxyl groups excluding tert-OH is 1. The molecule has 0 saturated carbocycles. The average molecular weight is 335 g/mol. The molecule has 1 aliphatic heterocycles. The van der Waals surface area contributed by atoms with E-state index in [4.69, 9.17) is 10.1 Å². The van der Waals surface area contributed by atoms with Crippen LogP contribution >= 0.6 is 11.3 Å². The Balaban J connectivity index is 1.46. The average Bonchev–Trinajstić information content (AvgIpc) is 3.18. The van der Waals surface area contributed by atoms with Gasteiger partial charge in [-0.15, -0.1) is 16.4 Å². The standard InChI is InChI=1S/C16H25N5OS/c1-12(2)15-11-23-16(17-15)9-20-5-3-13(4-6-20)7-21-8-14(10-22)18-19-21/h8,11-13,22H,3-7,9-10H2,1-2H3. The summed E-state index contributed by atoms with van der Waals surface area (Å²) in [5.74, 6) is 1.15. The Labute approximate surface area is 141 Å². The third-order valence-corrected chi connectivity index (χ3v) is 5.27. The lowest BCUT2D eigenvalue weighted by molar-refractivity contribution is 0.164. The molecule has 0 amide bonds. The molecule has 23 heavy (non-hydrogen) atoms. The summed E-state index contributed by atoms with van der Waals surface area (Å²) in [6.45, 7) is 8.45. The highest BCUT2D eigenvalue weighted by molar-refractivity contribution is 7.09. The first-order chi connectivity index (χ1) is 11.1. The number of aliphatic hydroxyl groups is 1. The van der Waals surface area contributed by atoms with E-state index in [1.807, 2.05) is 10.9 Å². The molecule has 3 heterocycles. The largest absolute Gasteiger partial charge is 0.390 e. The van der Waals surface area contributed by atoms with E-state index in [1.54, 1.807) is 11.3 Å². The lowest BCUT2D eigenvalue weighted by atomic mass is 9.97. The highest BCUT2D eigenvalue weighted by Crippen LogP contribution is 2.23. The predicted octanol–water partition coefficient (Wildman–Crippen LogP) is 2.26. The van der Waals surface area contributed by atoms with E-state index in [0.29, 0.717) is 17.5 Å². The van der Waals surface area contributed by atoms with Crippen LogP contribution in [0.1, 0.15) is 49.0 Å². The van der Waals surface area contributed by atoms with Crippen LogP contribution in [0.15, 0.2) is 11.6 Å². The highest BCUT2D eigenvalue weighted by atomic mass is 32.1. The molecule has 1 fully saturated rings. The van der Waals surface area contributed by atoms with Crippen LogP contribution in [0, 0.1) is 5.92 Å². The van der Waals surface area contributed by atoms with Crippen molar-refractivity contribution in [3.05, 3.63) is 28.0 Å². The maximum atomic E-state index is 9.04. The first-order valence-electron chi connectivity index (χ1n) is 8.30. The van der Waals surface area contributed by atoms with Gasteiger partial charge in [-0.3, -0.25) is 9.58 Å². The predicted molar refractivity (Wildman–Crippen MR) is 90.1 cm³/mol. The quantitative estimate of drug-likeness (QED) is 0.877. The number of hydrogen-bond acceptors (Lipinski definition) is 6. The summed E-state index contributed by atoms with van der Waals surface area (Å²) in [6.07, 6.45) is 4.20. The monoisotopic (exact) mass is 335 g/mol. The molecule has 0 radical (unpaired) electrons. The first kappa shape index (κ1) is 16.5. The molecule has 1 N–H and O–H groups in total. The van der Waals surface area contributed by atoms with Gasteiger partial charge in [0.25, 0.3) is 0 Å². The van der Waals surface area contributed by atoms with Crippen LogP contribution in [0.3, 0.4) is 0 Å². The Morgan fingerprint density at radius 2 is 2.13 bits per heavy atom. The van der Waals surface area contributed by atoms with Crippen LogP contribution < -0.4 is 0 Å². The molecule has 2 aromatic heterocycles. The topological polar surface area (TPSA) is 67.1 Å². The third-order valence-electron chi connectivity index (χ3n) is 4.42. The van der Waals surface area contributed by atoms with Crippen LogP contribution in [0.2, 0.25) is 0 Å². The second-order valence-electron chi connectivity index (χ2n) is 6.63. The number of likely N-dealkylation sites (tertiary alicyclic amines) is 1. The molecule has 0 unspecified atom stereocenters. The molecular weight excluding hydrogens is 310 g/mol. The van der Waals surface area contributed by atoms with Gasteiger partial charge in [-0.1, -0.05) is 19.1 Å². The van der Waals surface area contributed by atoms with Gasteiger partial charge in [0.1, 0.15) is 10.7 Å². The van der Waals surface area contributed by atoms with E-state index in [2.05, 4.69) is 34.4 Å². The van der Waals surface area contributed by atoms with E-state index in [0.717, 1.165) is 26.2 Å². The van der Waals surface area contributed by atoms with Crippen molar-refractivity contribution in [1.29, 1.82) is 0 Å². The van der Waals surface area contributed by atoms with Gasteiger partial charge in [0, 0.05) is 11.9 Å². The number of aromatic nitrogens is 4. The minimum absolute atomic E-state index is 0.0371. The van der Waals surface area contributed by atoms with E-state index in [-0.39, 0.29) is 6.61 Å². The fraction of sp³-hybridized carbons (Fsp3) is 0.688. The molecule has 1 aliphatic rings. The van der Waals surface area contributed by atoms with Gasteiger partial charge in [-0.05, 0) is 37.8 Å². The molecule has 0 aromatic carbocycles. The number of thiazole rings is 1. The van der Waals surface area contributed by atoms with Crippen molar-refractivity contribution in [2.45, 2.75) is 52.3 Å². The molecule has 3 rings (SSSR count). The Hall–Kier alpha value is -1.31. The lowest BCUT2D eigenvalue weighted by Gasteiger charge is -2.31. The van der Waals surface area contributed by atoms with Gasteiger partial charge in [0.15, 0.2) is 0 Å². The Morgan fingerprint density at radius 1 is 1.35 bits per heavy atom. The molecule has 0 aliphatic carbocycles. The van der Waals surface area contributed by atoms with Crippen molar-refractivity contribution in [2.75, 3.05) is 13.1 Å². The minimum Gasteiger partial charge on any atom is -0.390 e. The maximum absolute atomic E-state index is 9.04. The van der Waals surface area contributed by atoms with Crippen molar-refractivity contribution in [3.63, 3.8) is 0 Å². The van der Waals surface area contributed by atoms with Gasteiger partial charge < -0.3 is 5.11 Å². The molecule has 7 heteroatoms. The number of hydrogen-bond donors (Lipinski definition) is 1. The molecule has 0 atom stereocenters. The summed E-state index contributed by atoms with van der Waals surface area (Å²) in [6, 6.07) is 0. The van der Waals surface area contributed by atoms with Crippen molar-refractivity contribution >= 4 is 11.3 Å². The van der Waals surface area contributed by atoms with Crippen LogP contribution in [0.5, 0.6) is 0 Å². The highest BCUT2D eigenvalue weighted by Gasteiger charge is 2.21. The zero-order valence-corrected chi connectivity index (χ0v) is 14.7. The molecule has 126 valence electrons. The summed E-state index contributed by atoms with van der Waals surface area (Å²) >= 11 is 1.78. The number of piperidine rings is 1. The number of nitrogens with zero attached hydrogens (tertiary/aromatic N) is 5. The van der Waals surface area contributed by atoms with Gasteiger partial charge in [0.2, 0.25) is 0 Å². The molecule has 6 nitrogen and oxygen atoms in total. The maximum Gasteiger partial charge on any atom is 0.108 e. The van der Waals surface area contributed by atoms with Gasteiger partial charge in [0.05, 0.1) is 25.0 Å². The van der Waals surface area contributed by atoms with E-state index < -0.39 is 0 Å². The van der Waals surface area contributed by atoms with E-state index >= 15 is 0 Å². The zero-order valence-electron chi connectivity index (χ0n) is 13.9. The molecule has 0 spiro atoms. The lowest BCUT2D eigenvalue weighted by Crippen LogP contribution is -2.34. The second-order valence-corrected chi connectivity index (χ2v) is 7.57. The van der Waals surface area contributed by atoms with Crippen molar-refractivity contribution < 1.29 is 5.11 Å². The third kappa shape index (κ3) is 4.37. The first-order valence-corrected chi connectivity index (χ1v) is 9.18. The van der Waals surface area contributed by atoms with Crippen LogP contribution in [0.25, 0.3) is 0 Å². The normalized spacial score (nSPS) is 17.2. The fourth-order valence-corrected chi connectivity index (χ4v) is 3.94. The summed E-state index contributed by atoms with van der Waals surface area (Å²) < 4.78 is 1.86. The van der Waals surface area contributed by atoms with Gasteiger partial charge in [-0.25, -0.2) is 4.98 Å². The number of rotatable bonds is 6. The van der Waals surface area contributed by atoms with Gasteiger partial charge in [-0.2, -0.15) is 0 Å². The fourth-order valence-electron chi connectivity index (χ4n) is 2.95. The Morgan fingerprint density at radius 3 is 2.74 bits per heavy atom. The van der Waals surface area contributed by atoms with Crippen LogP contribution in [-0.4, -0.2) is 43.1 Å². The molecule has 1 saturated heterocycles. The Kier molecular flexibility index (Phi) is 5.40. The summed E-state index contributed by atoms with van der Waals surface area (Å²) in [5.41, 5.74) is 1.86. The van der Waals surface area contributed by atoms with Crippen molar-refractivity contribution in [3.8, 4) is 0 Å².